The van der Waals surface area contributed by atoms with Gasteiger partial charge in [-0.1, -0.05) is 0 Å². The average Bonchev–Trinajstić information content (AvgIpc) is 1.95. The lowest BCUT2D eigenvalue weighted by molar-refractivity contribution is 0.0912. The molecule has 0 saturated carbocycles. The summed E-state index contributed by atoms with van der Waals surface area (Å²) in [5.74, 6) is 0.368. The van der Waals surface area contributed by atoms with E-state index in [0.29, 0.717) is 0 Å². The van der Waals surface area contributed by atoms with Gasteiger partial charge in [-0.2, -0.15) is 0 Å². The molecule has 0 aliphatic heterocycles. The molecule has 0 heterocycles. The van der Waals surface area contributed by atoms with Crippen LogP contribution >= 0.6 is 23.2 Å². The molecule has 9 heavy (non-hydrogen) atoms. The number of alkyl halides is 2. The van der Waals surface area contributed by atoms with E-state index < -0.39 is 5.41 Å². The van der Waals surface area contributed by atoms with Crippen LogP contribution in [0.3, 0.4) is 0 Å². The third kappa shape index (κ3) is 2.30. The predicted molar refractivity (Wildman–Crippen MR) is 38.0 cm³/mol. The van der Waals surface area contributed by atoms with E-state index in [1.807, 2.05) is 0 Å². The minimum atomic E-state index is -0.691. The van der Waals surface area contributed by atoms with E-state index in [1.54, 1.807) is 0 Å². The maximum absolute atomic E-state index is 8.65. The number of rotatable bonds is 4. The molecule has 2 N–H and O–H groups in total. The molecule has 0 amide bonds. The summed E-state index contributed by atoms with van der Waals surface area (Å²) < 4.78 is 0. The van der Waals surface area contributed by atoms with Crippen molar-refractivity contribution in [2.24, 2.45) is 5.41 Å². The predicted octanol–water partition coefficient (Wildman–Crippen LogP) is 0.435. The molecular formula is C5H10Cl2O2. The van der Waals surface area contributed by atoms with Crippen molar-refractivity contribution in [1.29, 1.82) is 0 Å². The Hall–Kier alpha value is 0.500. The summed E-state index contributed by atoms with van der Waals surface area (Å²) >= 11 is 10.8. The Kier molecular flexibility index (Phi) is 4.58. The lowest BCUT2D eigenvalue weighted by Gasteiger charge is -2.23. The summed E-state index contributed by atoms with van der Waals surface area (Å²) in [6.45, 7) is -0.340. The first-order chi connectivity index (χ1) is 4.24. The molecule has 0 aromatic carbocycles. The van der Waals surface area contributed by atoms with Gasteiger partial charge in [-0.05, 0) is 0 Å². The van der Waals surface area contributed by atoms with Gasteiger partial charge < -0.3 is 10.2 Å². The van der Waals surface area contributed by atoms with E-state index in [0.717, 1.165) is 0 Å². The zero-order chi connectivity index (χ0) is 7.33. The molecule has 0 aromatic heterocycles. The molecule has 4 heteroatoms. The molecule has 0 aliphatic rings. The third-order valence-electron chi connectivity index (χ3n) is 1.24. The van der Waals surface area contributed by atoms with E-state index in [-0.39, 0.29) is 25.0 Å². The minimum absolute atomic E-state index is 0.170. The smallest absolute Gasteiger partial charge is 0.0532 e. The van der Waals surface area contributed by atoms with Crippen LogP contribution in [-0.4, -0.2) is 35.2 Å². The summed E-state index contributed by atoms with van der Waals surface area (Å²) in [6.07, 6.45) is 0. The standard InChI is InChI=1S/C5H10Cl2O2/c6-1-5(2-7,3-8)4-9/h8-9H,1-4H2. The molecule has 0 radical (unpaired) electrons. The fraction of sp³-hybridized carbons (Fsp3) is 1.00. The Morgan fingerprint density at radius 3 is 1.33 bits per heavy atom. The second-order valence-electron chi connectivity index (χ2n) is 2.08. The van der Waals surface area contributed by atoms with Gasteiger partial charge in [0.2, 0.25) is 0 Å². The first-order valence-electron chi connectivity index (χ1n) is 2.58. The van der Waals surface area contributed by atoms with Crippen molar-refractivity contribution in [1.82, 2.24) is 0 Å². The van der Waals surface area contributed by atoms with Crippen LogP contribution in [0.1, 0.15) is 0 Å². The molecule has 0 bridgehead atoms. The van der Waals surface area contributed by atoms with E-state index >= 15 is 0 Å². The van der Waals surface area contributed by atoms with Crippen molar-refractivity contribution < 1.29 is 10.2 Å². The van der Waals surface area contributed by atoms with Gasteiger partial charge in [0.25, 0.3) is 0 Å². The molecule has 0 aliphatic carbocycles. The third-order valence-corrected chi connectivity index (χ3v) is 2.37. The lowest BCUT2D eigenvalue weighted by atomic mass is 9.96. The van der Waals surface area contributed by atoms with Crippen LogP contribution in [0.25, 0.3) is 0 Å². The van der Waals surface area contributed by atoms with E-state index in [2.05, 4.69) is 0 Å². The van der Waals surface area contributed by atoms with E-state index in [1.165, 1.54) is 0 Å². The Morgan fingerprint density at radius 1 is 1.00 bits per heavy atom. The number of hydrogen-bond acceptors (Lipinski definition) is 2. The van der Waals surface area contributed by atoms with Crippen molar-refractivity contribution in [3.63, 3.8) is 0 Å². The molecule has 0 aromatic rings. The fourth-order valence-electron chi connectivity index (χ4n) is 0.255. The van der Waals surface area contributed by atoms with Gasteiger partial charge in [0.1, 0.15) is 0 Å². The Balaban J connectivity index is 3.82. The number of halogens is 2. The molecule has 0 saturated heterocycles. The zero-order valence-corrected chi connectivity index (χ0v) is 6.49. The second kappa shape index (κ2) is 4.34. The second-order valence-corrected chi connectivity index (χ2v) is 2.62. The summed E-state index contributed by atoms with van der Waals surface area (Å²) in [5.41, 5.74) is -0.691. The van der Waals surface area contributed by atoms with Crippen molar-refractivity contribution in [2.75, 3.05) is 25.0 Å². The van der Waals surface area contributed by atoms with Crippen LogP contribution in [-0.2, 0) is 0 Å². The van der Waals surface area contributed by atoms with E-state index in [9.17, 15) is 0 Å². The van der Waals surface area contributed by atoms with Gasteiger partial charge in [0, 0.05) is 17.2 Å². The highest BCUT2D eigenvalue weighted by Crippen LogP contribution is 2.18. The van der Waals surface area contributed by atoms with Crippen LogP contribution in [0.2, 0.25) is 0 Å². The first kappa shape index (κ1) is 9.50. The van der Waals surface area contributed by atoms with Gasteiger partial charge >= 0.3 is 0 Å². The van der Waals surface area contributed by atoms with Crippen molar-refractivity contribution in [3.8, 4) is 0 Å². The Bertz CT molecular complexity index is 55.8. The topological polar surface area (TPSA) is 40.5 Å². The minimum Gasteiger partial charge on any atom is -0.396 e. The largest absolute Gasteiger partial charge is 0.396 e. The SMILES string of the molecule is OCC(CO)(CCl)CCl. The van der Waals surface area contributed by atoms with Crippen molar-refractivity contribution in [3.05, 3.63) is 0 Å². The van der Waals surface area contributed by atoms with Crippen LogP contribution in [0.15, 0.2) is 0 Å². The molecule has 56 valence electrons. The van der Waals surface area contributed by atoms with Gasteiger partial charge in [-0.25, -0.2) is 0 Å². The van der Waals surface area contributed by atoms with Gasteiger partial charge in [0.05, 0.1) is 13.2 Å². The summed E-state index contributed by atoms with van der Waals surface area (Å²) in [7, 11) is 0. The highest BCUT2D eigenvalue weighted by molar-refractivity contribution is 6.21. The maximum atomic E-state index is 8.65. The normalized spacial score (nSPS) is 12.0. The quantitative estimate of drug-likeness (QED) is 0.605. The molecule has 0 unspecified atom stereocenters. The average molecular weight is 173 g/mol. The van der Waals surface area contributed by atoms with Crippen LogP contribution < -0.4 is 0 Å². The van der Waals surface area contributed by atoms with Crippen molar-refractivity contribution in [2.45, 2.75) is 0 Å². The number of hydrogen-bond donors (Lipinski definition) is 2. The number of aliphatic hydroxyl groups is 2. The fourth-order valence-corrected chi connectivity index (χ4v) is 0.879. The van der Waals surface area contributed by atoms with Crippen LogP contribution in [0, 0.1) is 5.41 Å². The van der Waals surface area contributed by atoms with Crippen LogP contribution in [0.4, 0.5) is 0 Å². The lowest BCUT2D eigenvalue weighted by Crippen LogP contribution is -2.33. The highest BCUT2D eigenvalue weighted by Gasteiger charge is 2.26. The monoisotopic (exact) mass is 172 g/mol. The Morgan fingerprint density at radius 2 is 1.33 bits per heavy atom. The summed E-state index contributed by atoms with van der Waals surface area (Å²) in [4.78, 5) is 0. The van der Waals surface area contributed by atoms with Crippen molar-refractivity contribution >= 4 is 23.2 Å². The molecular weight excluding hydrogens is 163 g/mol. The Labute approximate surface area is 64.4 Å². The molecule has 2 nitrogen and oxygen atoms in total. The summed E-state index contributed by atoms with van der Waals surface area (Å²) in [5, 5.41) is 17.3. The van der Waals surface area contributed by atoms with E-state index in [4.69, 9.17) is 33.4 Å². The summed E-state index contributed by atoms with van der Waals surface area (Å²) in [6, 6.07) is 0. The van der Waals surface area contributed by atoms with Gasteiger partial charge in [-0.15, -0.1) is 23.2 Å². The molecule has 0 fully saturated rings. The van der Waals surface area contributed by atoms with Gasteiger partial charge in [0.15, 0.2) is 0 Å². The first-order valence-corrected chi connectivity index (χ1v) is 3.65. The van der Waals surface area contributed by atoms with Crippen LogP contribution in [0.5, 0.6) is 0 Å². The zero-order valence-electron chi connectivity index (χ0n) is 4.98. The molecule has 0 atom stereocenters. The molecule has 0 spiro atoms. The maximum Gasteiger partial charge on any atom is 0.0532 e. The number of aliphatic hydroxyl groups excluding tert-OH is 2. The highest BCUT2D eigenvalue weighted by atomic mass is 35.5. The van der Waals surface area contributed by atoms with Gasteiger partial charge in [-0.3, -0.25) is 0 Å². The molecule has 0 rings (SSSR count).